The van der Waals surface area contributed by atoms with Gasteiger partial charge in [0, 0.05) is 6.20 Å². The Morgan fingerprint density at radius 2 is 1.87 bits per heavy atom. The van der Waals surface area contributed by atoms with Crippen LogP contribution in [0.3, 0.4) is 0 Å². The van der Waals surface area contributed by atoms with E-state index in [0.29, 0.717) is 15.7 Å². The summed E-state index contributed by atoms with van der Waals surface area (Å²) in [6, 6.07) is 9.30. The van der Waals surface area contributed by atoms with E-state index in [1.165, 1.54) is 0 Å². The SMILES string of the molecule is Cc1cccn2c(N=Nc3cccc(Cl)c3Cl)c(C(C)C)nc12. The van der Waals surface area contributed by atoms with E-state index in [9.17, 15) is 0 Å². The molecule has 2 aromatic heterocycles. The zero-order valence-corrected chi connectivity index (χ0v) is 14.6. The van der Waals surface area contributed by atoms with Crippen molar-refractivity contribution in [3.63, 3.8) is 0 Å². The van der Waals surface area contributed by atoms with E-state index in [1.54, 1.807) is 18.2 Å². The Morgan fingerprint density at radius 1 is 1.09 bits per heavy atom. The number of aromatic nitrogens is 2. The second kappa shape index (κ2) is 6.30. The summed E-state index contributed by atoms with van der Waals surface area (Å²) in [5.74, 6) is 0.952. The lowest BCUT2D eigenvalue weighted by molar-refractivity contribution is 0.831. The lowest BCUT2D eigenvalue weighted by Gasteiger charge is -2.02. The molecule has 1 aromatic carbocycles. The van der Waals surface area contributed by atoms with Crippen molar-refractivity contribution in [2.45, 2.75) is 26.7 Å². The highest BCUT2D eigenvalue weighted by Crippen LogP contribution is 2.34. The molecule has 2 heterocycles. The fraction of sp³-hybridized carbons (Fsp3) is 0.235. The number of imidazole rings is 1. The summed E-state index contributed by atoms with van der Waals surface area (Å²) in [7, 11) is 0. The van der Waals surface area contributed by atoms with E-state index >= 15 is 0 Å². The molecule has 0 saturated carbocycles. The minimum Gasteiger partial charge on any atom is -0.283 e. The number of aryl methyl sites for hydroxylation is 1. The first kappa shape index (κ1) is 16.0. The number of benzene rings is 1. The third kappa shape index (κ3) is 2.96. The van der Waals surface area contributed by atoms with Gasteiger partial charge in [0.1, 0.15) is 11.3 Å². The molecule has 118 valence electrons. The molecule has 0 aliphatic rings. The van der Waals surface area contributed by atoms with Crippen LogP contribution in [0.5, 0.6) is 0 Å². The molecule has 0 spiro atoms. The fourth-order valence-corrected chi connectivity index (χ4v) is 2.70. The number of fused-ring (bicyclic) bond motifs is 1. The Kier molecular flexibility index (Phi) is 4.37. The molecular formula is C17H16Cl2N4. The van der Waals surface area contributed by atoms with Gasteiger partial charge >= 0.3 is 0 Å². The normalized spacial score (nSPS) is 11.9. The van der Waals surface area contributed by atoms with Gasteiger partial charge in [0.05, 0.1) is 15.7 Å². The second-order valence-electron chi connectivity index (χ2n) is 5.63. The smallest absolute Gasteiger partial charge is 0.183 e. The summed E-state index contributed by atoms with van der Waals surface area (Å²) in [6.07, 6.45) is 1.94. The van der Waals surface area contributed by atoms with Crippen molar-refractivity contribution in [3.05, 3.63) is 57.8 Å². The first-order valence-corrected chi connectivity index (χ1v) is 8.08. The number of halogens is 2. The van der Waals surface area contributed by atoms with Crippen molar-refractivity contribution in [2.24, 2.45) is 10.2 Å². The van der Waals surface area contributed by atoms with E-state index in [-0.39, 0.29) is 5.92 Å². The van der Waals surface area contributed by atoms with Crippen LogP contribution in [0.2, 0.25) is 10.0 Å². The molecule has 0 fully saturated rings. The average Bonchev–Trinajstić information content (AvgIpc) is 2.89. The topological polar surface area (TPSA) is 42.0 Å². The number of rotatable bonds is 3. The van der Waals surface area contributed by atoms with Crippen molar-refractivity contribution >= 4 is 40.4 Å². The molecule has 0 unspecified atom stereocenters. The number of nitrogens with zero attached hydrogens (tertiary/aromatic N) is 4. The molecule has 0 saturated heterocycles. The van der Waals surface area contributed by atoms with Crippen LogP contribution in [0.15, 0.2) is 46.8 Å². The van der Waals surface area contributed by atoms with Gasteiger partial charge in [-0.1, -0.05) is 49.2 Å². The Labute approximate surface area is 144 Å². The summed E-state index contributed by atoms with van der Waals surface area (Å²) in [6.45, 7) is 6.20. The lowest BCUT2D eigenvalue weighted by Crippen LogP contribution is -1.87. The van der Waals surface area contributed by atoms with Crippen LogP contribution >= 0.6 is 23.2 Å². The van der Waals surface area contributed by atoms with E-state index < -0.39 is 0 Å². The van der Waals surface area contributed by atoms with Gasteiger partial charge in [0.2, 0.25) is 0 Å². The Balaban J connectivity index is 2.15. The predicted octanol–water partition coefficient (Wildman–Crippen LogP) is 6.49. The summed E-state index contributed by atoms with van der Waals surface area (Å²) < 4.78 is 1.95. The zero-order valence-electron chi connectivity index (χ0n) is 13.1. The van der Waals surface area contributed by atoms with Gasteiger partial charge in [-0.15, -0.1) is 10.2 Å². The highest BCUT2D eigenvalue weighted by molar-refractivity contribution is 6.43. The number of azo groups is 1. The van der Waals surface area contributed by atoms with E-state index in [1.807, 2.05) is 29.7 Å². The molecule has 0 radical (unpaired) electrons. The Bertz CT molecular complexity index is 897. The van der Waals surface area contributed by atoms with Gasteiger partial charge in [-0.2, -0.15) is 0 Å². The van der Waals surface area contributed by atoms with Crippen molar-refractivity contribution in [3.8, 4) is 0 Å². The third-order valence-electron chi connectivity index (χ3n) is 3.58. The van der Waals surface area contributed by atoms with Gasteiger partial charge in [0.15, 0.2) is 5.82 Å². The summed E-state index contributed by atoms with van der Waals surface area (Å²) in [4.78, 5) is 4.71. The molecule has 3 aromatic rings. The molecule has 0 amide bonds. The molecule has 0 N–H and O–H groups in total. The standard InChI is InChI=1S/C17H16Cl2N4/c1-10(2)15-17(23-9-5-6-11(3)16(23)20-15)22-21-13-8-4-7-12(18)14(13)19/h4-10H,1-3H3. The molecular weight excluding hydrogens is 331 g/mol. The quantitative estimate of drug-likeness (QED) is 0.499. The first-order chi connectivity index (χ1) is 11.0. The third-order valence-corrected chi connectivity index (χ3v) is 4.39. The van der Waals surface area contributed by atoms with Gasteiger partial charge in [-0.25, -0.2) is 4.98 Å². The van der Waals surface area contributed by atoms with Crippen LogP contribution in [-0.2, 0) is 0 Å². The zero-order chi connectivity index (χ0) is 16.6. The minimum atomic E-state index is 0.234. The maximum Gasteiger partial charge on any atom is 0.183 e. The molecule has 0 atom stereocenters. The van der Waals surface area contributed by atoms with Gasteiger partial charge in [0.25, 0.3) is 0 Å². The van der Waals surface area contributed by atoms with Crippen molar-refractivity contribution < 1.29 is 0 Å². The Morgan fingerprint density at radius 3 is 2.61 bits per heavy atom. The monoisotopic (exact) mass is 346 g/mol. The predicted molar refractivity (Wildman–Crippen MR) is 94.7 cm³/mol. The van der Waals surface area contributed by atoms with Gasteiger partial charge < -0.3 is 0 Å². The lowest BCUT2D eigenvalue weighted by atomic mass is 10.1. The van der Waals surface area contributed by atoms with Crippen LogP contribution < -0.4 is 0 Å². The summed E-state index contributed by atoms with van der Waals surface area (Å²) in [5, 5.41) is 9.55. The number of pyridine rings is 1. The van der Waals surface area contributed by atoms with Crippen LogP contribution in [0, 0.1) is 6.92 Å². The van der Waals surface area contributed by atoms with Gasteiger partial charge in [-0.05, 0) is 36.6 Å². The number of hydrogen-bond donors (Lipinski definition) is 0. The number of hydrogen-bond acceptors (Lipinski definition) is 3. The minimum absolute atomic E-state index is 0.234. The molecule has 0 aliphatic heterocycles. The van der Waals surface area contributed by atoms with E-state index in [0.717, 1.165) is 22.7 Å². The Hall–Kier alpha value is -1.91. The molecule has 4 nitrogen and oxygen atoms in total. The second-order valence-corrected chi connectivity index (χ2v) is 6.42. The highest BCUT2D eigenvalue weighted by atomic mass is 35.5. The van der Waals surface area contributed by atoms with E-state index in [2.05, 4.69) is 24.1 Å². The average molecular weight is 347 g/mol. The van der Waals surface area contributed by atoms with Gasteiger partial charge in [-0.3, -0.25) is 4.40 Å². The fourth-order valence-electron chi connectivity index (χ4n) is 2.37. The van der Waals surface area contributed by atoms with Crippen molar-refractivity contribution in [1.82, 2.24) is 9.38 Å². The van der Waals surface area contributed by atoms with Crippen LogP contribution in [0.1, 0.15) is 31.0 Å². The molecule has 0 aliphatic carbocycles. The van der Waals surface area contributed by atoms with Crippen LogP contribution in [0.4, 0.5) is 11.5 Å². The van der Waals surface area contributed by atoms with Crippen LogP contribution in [0.25, 0.3) is 5.65 Å². The molecule has 6 heteroatoms. The molecule has 23 heavy (non-hydrogen) atoms. The van der Waals surface area contributed by atoms with Crippen molar-refractivity contribution in [2.75, 3.05) is 0 Å². The van der Waals surface area contributed by atoms with E-state index in [4.69, 9.17) is 28.2 Å². The summed E-state index contributed by atoms with van der Waals surface area (Å²) >= 11 is 12.2. The first-order valence-electron chi connectivity index (χ1n) is 7.32. The highest BCUT2D eigenvalue weighted by Gasteiger charge is 2.16. The maximum absolute atomic E-state index is 6.17. The maximum atomic E-state index is 6.17. The summed E-state index contributed by atoms with van der Waals surface area (Å²) in [5.41, 5.74) is 3.43. The molecule has 3 rings (SSSR count). The van der Waals surface area contributed by atoms with Crippen molar-refractivity contribution in [1.29, 1.82) is 0 Å². The molecule has 0 bridgehead atoms. The van der Waals surface area contributed by atoms with Crippen LogP contribution in [-0.4, -0.2) is 9.38 Å². The largest absolute Gasteiger partial charge is 0.283 e.